The Hall–Kier alpha value is -0.710. The minimum atomic E-state index is -0.0336. The quantitative estimate of drug-likeness (QED) is 0.749. The van der Waals surface area contributed by atoms with Crippen LogP contribution in [0.4, 0.5) is 0 Å². The summed E-state index contributed by atoms with van der Waals surface area (Å²) in [5.41, 5.74) is 0. The van der Waals surface area contributed by atoms with Crippen LogP contribution in [0.1, 0.15) is 32.6 Å². The predicted octanol–water partition coefficient (Wildman–Crippen LogP) is 4.06. The molecule has 1 aliphatic rings. The molecule has 5 heteroatoms. The van der Waals surface area contributed by atoms with Crippen molar-refractivity contribution in [3.63, 3.8) is 0 Å². The summed E-state index contributed by atoms with van der Waals surface area (Å²) in [4.78, 5) is 15.8. The smallest absolute Gasteiger partial charge is 0.233 e. The largest absolute Gasteiger partial charge is 0.355 e. The van der Waals surface area contributed by atoms with Crippen molar-refractivity contribution in [2.45, 2.75) is 42.8 Å². The first-order valence-electron chi connectivity index (χ1n) is 8.47. The maximum absolute atomic E-state index is 12.4. The topological polar surface area (TPSA) is 32.3 Å². The molecule has 1 aromatic carbocycles. The van der Waals surface area contributed by atoms with Gasteiger partial charge in [-0.1, -0.05) is 18.5 Å². The number of thioether (sulfide) groups is 1. The van der Waals surface area contributed by atoms with E-state index in [2.05, 4.69) is 24.2 Å². The van der Waals surface area contributed by atoms with Crippen molar-refractivity contribution in [1.29, 1.82) is 0 Å². The number of halogens is 1. The second-order valence-electron chi connectivity index (χ2n) is 6.30. The molecule has 2 rings (SSSR count). The highest BCUT2D eigenvalue weighted by atomic mass is 35.5. The zero-order chi connectivity index (χ0) is 16.7. The van der Waals surface area contributed by atoms with Gasteiger partial charge in [-0.3, -0.25) is 4.79 Å². The van der Waals surface area contributed by atoms with Gasteiger partial charge in [-0.15, -0.1) is 11.8 Å². The van der Waals surface area contributed by atoms with Crippen LogP contribution in [0.3, 0.4) is 0 Å². The highest BCUT2D eigenvalue weighted by Crippen LogP contribution is 2.27. The lowest BCUT2D eigenvalue weighted by Gasteiger charge is -2.29. The molecule has 0 aliphatic carbocycles. The average Bonchev–Trinajstić information content (AvgIpc) is 2.56. The first-order valence-corrected chi connectivity index (χ1v) is 9.72. The molecule has 1 atom stereocenters. The first kappa shape index (κ1) is 18.6. The normalized spacial score (nSPS) is 17.9. The van der Waals surface area contributed by atoms with E-state index in [9.17, 15) is 4.79 Å². The second-order valence-corrected chi connectivity index (χ2v) is 8.01. The van der Waals surface area contributed by atoms with Gasteiger partial charge in [-0.05, 0) is 76.0 Å². The number of nitrogens with one attached hydrogen (secondary N) is 1. The Morgan fingerprint density at radius 3 is 2.61 bits per heavy atom. The summed E-state index contributed by atoms with van der Waals surface area (Å²) in [6, 6.07) is 7.69. The van der Waals surface area contributed by atoms with Crippen LogP contribution >= 0.6 is 23.4 Å². The van der Waals surface area contributed by atoms with Gasteiger partial charge in [0.05, 0.1) is 5.25 Å². The summed E-state index contributed by atoms with van der Waals surface area (Å²) >= 11 is 7.52. The van der Waals surface area contributed by atoms with Crippen LogP contribution in [-0.4, -0.2) is 42.7 Å². The van der Waals surface area contributed by atoms with E-state index in [1.807, 2.05) is 24.3 Å². The highest BCUT2D eigenvalue weighted by molar-refractivity contribution is 8.00. The Morgan fingerprint density at radius 1 is 1.35 bits per heavy atom. The molecule has 1 N–H and O–H groups in total. The van der Waals surface area contributed by atoms with E-state index in [1.54, 1.807) is 11.8 Å². The van der Waals surface area contributed by atoms with Crippen molar-refractivity contribution >= 4 is 29.3 Å². The molecule has 3 nitrogen and oxygen atoms in total. The molecule has 0 unspecified atom stereocenters. The van der Waals surface area contributed by atoms with Crippen LogP contribution in [0, 0.1) is 5.92 Å². The van der Waals surface area contributed by atoms with E-state index in [1.165, 1.54) is 25.9 Å². The Kier molecular flexibility index (Phi) is 7.74. The van der Waals surface area contributed by atoms with Crippen molar-refractivity contribution in [3.8, 4) is 0 Å². The molecule has 1 aromatic rings. The summed E-state index contributed by atoms with van der Waals surface area (Å²) in [5.74, 6) is 0.913. The fraction of sp³-hybridized carbons (Fsp3) is 0.611. The van der Waals surface area contributed by atoms with Crippen LogP contribution in [-0.2, 0) is 4.79 Å². The molecule has 1 fully saturated rings. The van der Waals surface area contributed by atoms with E-state index in [0.717, 1.165) is 35.2 Å². The summed E-state index contributed by atoms with van der Waals surface area (Å²) in [6.45, 7) is 5.22. The molecule has 0 aromatic heterocycles. The molecular formula is C18H27ClN2OS. The number of rotatable bonds is 7. The third-order valence-electron chi connectivity index (χ3n) is 4.45. The third-order valence-corrected chi connectivity index (χ3v) is 6.07. The van der Waals surface area contributed by atoms with Crippen molar-refractivity contribution in [3.05, 3.63) is 29.3 Å². The number of likely N-dealkylation sites (tertiary alicyclic amines) is 1. The molecule has 0 saturated carbocycles. The van der Waals surface area contributed by atoms with E-state index < -0.39 is 0 Å². The SMILES string of the molecule is CC[C@@H](Sc1ccc(Cl)cc1)C(=O)NCCC1CCN(C)CC1. The third kappa shape index (κ3) is 6.36. The summed E-state index contributed by atoms with van der Waals surface area (Å²) in [5, 5.41) is 3.82. The maximum atomic E-state index is 12.4. The van der Waals surface area contributed by atoms with E-state index in [-0.39, 0.29) is 11.2 Å². The average molecular weight is 355 g/mol. The van der Waals surface area contributed by atoms with Gasteiger partial charge in [0.1, 0.15) is 0 Å². The number of nitrogens with zero attached hydrogens (tertiary/aromatic N) is 1. The zero-order valence-corrected chi connectivity index (χ0v) is 15.6. The fourth-order valence-electron chi connectivity index (χ4n) is 2.86. The van der Waals surface area contributed by atoms with Gasteiger partial charge in [-0.2, -0.15) is 0 Å². The lowest BCUT2D eigenvalue weighted by Crippen LogP contribution is -2.35. The fourth-order valence-corrected chi connectivity index (χ4v) is 3.97. The lowest BCUT2D eigenvalue weighted by molar-refractivity contribution is -0.120. The summed E-state index contributed by atoms with van der Waals surface area (Å²) in [7, 11) is 2.18. The predicted molar refractivity (Wildman–Crippen MR) is 99.2 cm³/mol. The van der Waals surface area contributed by atoms with E-state index >= 15 is 0 Å². The minimum Gasteiger partial charge on any atom is -0.355 e. The Balaban J connectivity index is 1.73. The van der Waals surface area contributed by atoms with Gasteiger partial charge in [0.2, 0.25) is 5.91 Å². The molecule has 128 valence electrons. The molecule has 1 saturated heterocycles. The second kappa shape index (κ2) is 9.55. The lowest BCUT2D eigenvalue weighted by atomic mass is 9.94. The number of carbonyl (C=O) groups is 1. The highest BCUT2D eigenvalue weighted by Gasteiger charge is 2.19. The number of piperidine rings is 1. The number of carbonyl (C=O) groups excluding carboxylic acids is 1. The number of amides is 1. The Bertz CT molecular complexity index is 486. The molecule has 1 amide bonds. The Labute approximate surface area is 149 Å². The molecule has 23 heavy (non-hydrogen) atoms. The zero-order valence-electron chi connectivity index (χ0n) is 14.1. The van der Waals surface area contributed by atoms with E-state index in [4.69, 9.17) is 11.6 Å². The number of benzene rings is 1. The van der Waals surface area contributed by atoms with Crippen LogP contribution in [0.15, 0.2) is 29.2 Å². The van der Waals surface area contributed by atoms with Crippen molar-refractivity contribution < 1.29 is 4.79 Å². The molecule has 0 radical (unpaired) electrons. The van der Waals surface area contributed by atoms with Gasteiger partial charge in [0.15, 0.2) is 0 Å². The molecule has 0 bridgehead atoms. The van der Waals surface area contributed by atoms with Crippen LogP contribution in [0.25, 0.3) is 0 Å². The van der Waals surface area contributed by atoms with E-state index in [0.29, 0.717) is 0 Å². The molecule has 0 spiro atoms. The number of hydrogen-bond acceptors (Lipinski definition) is 3. The Morgan fingerprint density at radius 2 is 2.00 bits per heavy atom. The summed E-state index contributed by atoms with van der Waals surface area (Å²) < 4.78 is 0. The molecule has 1 aliphatic heterocycles. The van der Waals surface area contributed by atoms with Crippen molar-refractivity contribution in [1.82, 2.24) is 10.2 Å². The monoisotopic (exact) mass is 354 g/mol. The van der Waals surface area contributed by atoms with Crippen LogP contribution in [0.2, 0.25) is 5.02 Å². The van der Waals surface area contributed by atoms with Crippen LogP contribution < -0.4 is 5.32 Å². The van der Waals surface area contributed by atoms with Crippen molar-refractivity contribution in [2.75, 3.05) is 26.7 Å². The maximum Gasteiger partial charge on any atom is 0.233 e. The minimum absolute atomic E-state index is 0.0336. The van der Waals surface area contributed by atoms with Gasteiger partial charge in [-0.25, -0.2) is 0 Å². The number of hydrogen-bond donors (Lipinski definition) is 1. The van der Waals surface area contributed by atoms with Gasteiger partial charge in [0.25, 0.3) is 0 Å². The van der Waals surface area contributed by atoms with Gasteiger partial charge < -0.3 is 10.2 Å². The summed E-state index contributed by atoms with van der Waals surface area (Å²) in [6.07, 6.45) is 4.43. The molecular weight excluding hydrogens is 328 g/mol. The van der Waals surface area contributed by atoms with Gasteiger partial charge >= 0.3 is 0 Å². The standard InChI is InChI=1S/C18H27ClN2OS/c1-3-17(23-16-6-4-15(19)5-7-16)18(22)20-11-8-14-9-12-21(2)13-10-14/h4-7,14,17H,3,8-13H2,1-2H3,(H,20,22)/t17-/m1/s1. The first-order chi connectivity index (χ1) is 11.1. The van der Waals surface area contributed by atoms with Crippen molar-refractivity contribution in [2.24, 2.45) is 5.92 Å². The van der Waals surface area contributed by atoms with Gasteiger partial charge in [0, 0.05) is 16.5 Å². The van der Waals surface area contributed by atoms with Crippen LogP contribution in [0.5, 0.6) is 0 Å². The molecule has 1 heterocycles.